The second-order valence-corrected chi connectivity index (χ2v) is 4.68. The molecule has 0 atom stereocenters. The number of hydrogen-bond donors (Lipinski definition) is 0. The van der Waals surface area contributed by atoms with Crippen molar-refractivity contribution in [1.29, 1.82) is 0 Å². The Labute approximate surface area is 112 Å². The minimum atomic E-state index is 0.920. The second kappa shape index (κ2) is 6.42. The third kappa shape index (κ3) is 3.58. The van der Waals surface area contributed by atoms with Gasteiger partial charge in [-0.25, -0.2) is 0 Å². The van der Waals surface area contributed by atoms with E-state index >= 15 is 0 Å². The highest BCUT2D eigenvalue weighted by molar-refractivity contribution is 8.01. The van der Waals surface area contributed by atoms with E-state index in [4.69, 9.17) is 12.2 Å². The molecular formula is C14H13NS2. The fourth-order valence-electron chi connectivity index (χ4n) is 1.46. The quantitative estimate of drug-likeness (QED) is 0.582. The zero-order chi connectivity index (χ0) is 11.9. The number of benzene rings is 2. The zero-order valence-electron chi connectivity index (χ0n) is 9.32. The van der Waals surface area contributed by atoms with Crippen molar-refractivity contribution >= 4 is 35.3 Å². The summed E-state index contributed by atoms with van der Waals surface area (Å²) in [6, 6.07) is 20.5. The number of thiocarbonyl (C=S) groups is 1. The molecule has 0 aliphatic carbocycles. The summed E-state index contributed by atoms with van der Waals surface area (Å²) in [6.45, 7) is 0. The summed E-state index contributed by atoms with van der Waals surface area (Å²) in [5, 5.41) is 0. The van der Waals surface area contributed by atoms with Gasteiger partial charge in [0.15, 0.2) is 0 Å². The first-order chi connectivity index (χ1) is 8.40. The Morgan fingerprint density at radius 3 is 2.12 bits per heavy atom. The number of rotatable bonds is 5. The molecule has 0 spiro atoms. The molecule has 0 aromatic heterocycles. The summed E-state index contributed by atoms with van der Waals surface area (Å²) < 4.78 is 2.02. The van der Waals surface area contributed by atoms with E-state index in [-0.39, 0.29) is 0 Å². The van der Waals surface area contributed by atoms with Gasteiger partial charge in [0.2, 0.25) is 0 Å². The molecule has 0 radical (unpaired) electrons. The Kier molecular flexibility index (Phi) is 4.59. The Morgan fingerprint density at radius 1 is 0.941 bits per heavy atom. The zero-order valence-corrected chi connectivity index (χ0v) is 11.0. The van der Waals surface area contributed by atoms with Gasteiger partial charge in [0.05, 0.1) is 11.2 Å². The van der Waals surface area contributed by atoms with Crippen LogP contribution < -0.4 is 4.31 Å². The van der Waals surface area contributed by atoms with Crippen molar-refractivity contribution in [3.8, 4) is 0 Å². The second-order valence-electron chi connectivity index (χ2n) is 3.53. The molecule has 0 saturated carbocycles. The molecule has 0 fully saturated rings. The highest BCUT2D eigenvalue weighted by Crippen LogP contribution is 2.23. The Hall–Kier alpha value is -1.32. The predicted octanol–water partition coefficient (Wildman–Crippen LogP) is 4.30. The molecule has 0 saturated heterocycles. The summed E-state index contributed by atoms with van der Waals surface area (Å²) in [7, 11) is 0. The van der Waals surface area contributed by atoms with Crippen molar-refractivity contribution in [2.45, 2.75) is 5.75 Å². The highest BCUT2D eigenvalue weighted by Gasteiger charge is 2.03. The number of anilines is 1. The van der Waals surface area contributed by atoms with E-state index in [9.17, 15) is 0 Å². The van der Waals surface area contributed by atoms with Crippen LogP contribution in [0.2, 0.25) is 0 Å². The molecule has 0 unspecified atom stereocenters. The maximum absolute atomic E-state index is 5.05. The van der Waals surface area contributed by atoms with Crippen LogP contribution in [-0.4, -0.2) is 5.49 Å². The maximum Gasteiger partial charge on any atom is 0.0793 e. The molecule has 86 valence electrons. The molecule has 0 aliphatic heterocycles. The van der Waals surface area contributed by atoms with E-state index < -0.39 is 0 Å². The summed E-state index contributed by atoms with van der Waals surface area (Å²) in [4.78, 5) is 0. The lowest BCUT2D eigenvalue weighted by molar-refractivity contribution is 1.40. The molecule has 1 nitrogen and oxygen atoms in total. The normalized spacial score (nSPS) is 9.88. The molecule has 0 N–H and O–H groups in total. The lowest BCUT2D eigenvalue weighted by atomic mass is 10.2. The number of hydrogen-bond acceptors (Lipinski definition) is 2. The van der Waals surface area contributed by atoms with Crippen LogP contribution in [-0.2, 0) is 5.75 Å². The molecule has 0 aliphatic rings. The summed E-state index contributed by atoms with van der Waals surface area (Å²) >= 11 is 6.75. The summed E-state index contributed by atoms with van der Waals surface area (Å²) in [6.07, 6.45) is 0. The summed E-state index contributed by atoms with van der Waals surface area (Å²) in [5.74, 6) is 0.920. The van der Waals surface area contributed by atoms with Gasteiger partial charge in [-0.05, 0) is 29.6 Å². The van der Waals surface area contributed by atoms with Gasteiger partial charge >= 0.3 is 0 Å². The van der Waals surface area contributed by atoms with Gasteiger partial charge < -0.3 is 0 Å². The SMILES string of the molecule is S=CN(SCc1ccccc1)c1ccccc1. The van der Waals surface area contributed by atoms with Crippen molar-refractivity contribution in [2.75, 3.05) is 4.31 Å². The lowest BCUT2D eigenvalue weighted by Gasteiger charge is -2.17. The molecule has 0 amide bonds. The molecule has 2 aromatic rings. The summed E-state index contributed by atoms with van der Waals surface area (Å²) in [5.41, 5.74) is 4.10. The first kappa shape index (κ1) is 12.1. The van der Waals surface area contributed by atoms with E-state index in [0.29, 0.717) is 0 Å². The fraction of sp³-hybridized carbons (Fsp3) is 0.0714. The molecule has 0 heterocycles. The average molecular weight is 259 g/mol. The Bertz CT molecular complexity index is 456. The minimum Gasteiger partial charge on any atom is -0.281 e. The van der Waals surface area contributed by atoms with Crippen LogP contribution in [0.25, 0.3) is 0 Å². The predicted molar refractivity (Wildman–Crippen MR) is 80.3 cm³/mol. The minimum absolute atomic E-state index is 0.920. The molecule has 2 aromatic carbocycles. The van der Waals surface area contributed by atoms with Gasteiger partial charge in [-0.3, -0.25) is 4.31 Å². The van der Waals surface area contributed by atoms with Gasteiger partial charge in [0, 0.05) is 5.75 Å². The fourth-order valence-corrected chi connectivity index (χ4v) is 2.58. The van der Waals surface area contributed by atoms with Crippen molar-refractivity contribution in [1.82, 2.24) is 0 Å². The molecule has 3 heteroatoms. The van der Waals surface area contributed by atoms with E-state index in [1.54, 1.807) is 17.4 Å². The van der Waals surface area contributed by atoms with Gasteiger partial charge in [-0.1, -0.05) is 60.7 Å². The molecular weight excluding hydrogens is 246 g/mol. The van der Waals surface area contributed by atoms with E-state index in [1.165, 1.54) is 5.56 Å². The standard InChI is InChI=1S/C14H13NS2/c16-12-15(14-9-5-2-6-10-14)17-11-13-7-3-1-4-8-13/h1-10,12H,11H2. The van der Waals surface area contributed by atoms with Crippen LogP contribution in [0, 0.1) is 0 Å². The molecule has 2 rings (SSSR count). The monoisotopic (exact) mass is 259 g/mol. The first-order valence-electron chi connectivity index (χ1n) is 5.36. The van der Waals surface area contributed by atoms with Crippen molar-refractivity contribution in [3.05, 3.63) is 66.2 Å². The van der Waals surface area contributed by atoms with Gasteiger partial charge in [0.1, 0.15) is 0 Å². The Morgan fingerprint density at radius 2 is 1.53 bits per heavy atom. The lowest BCUT2D eigenvalue weighted by Crippen LogP contribution is -2.09. The maximum atomic E-state index is 5.05. The van der Waals surface area contributed by atoms with E-state index in [2.05, 4.69) is 36.4 Å². The van der Waals surface area contributed by atoms with Crippen molar-refractivity contribution < 1.29 is 0 Å². The number of para-hydroxylation sites is 1. The van der Waals surface area contributed by atoms with Gasteiger partial charge in [-0.2, -0.15) is 0 Å². The van der Waals surface area contributed by atoms with Crippen LogP contribution >= 0.6 is 24.2 Å². The first-order valence-corrected chi connectivity index (χ1v) is 6.78. The van der Waals surface area contributed by atoms with Crippen LogP contribution in [0.3, 0.4) is 0 Å². The smallest absolute Gasteiger partial charge is 0.0793 e. The van der Waals surface area contributed by atoms with E-state index in [0.717, 1.165) is 11.4 Å². The average Bonchev–Trinajstić information content (AvgIpc) is 2.42. The third-order valence-corrected chi connectivity index (χ3v) is 3.72. The molecule has 0 bridgehead atoms. The topological polar surface area (TPSA) is 3.24 Å². The Balaban J connectivity index is 2.00. The van der Waals surface area contributed by atoms with Crippen LogP contribution in [0.1, 0.15) is 5.56 Å². The van der Waals surface area contributed by atoms with E-state index in [1.807, 2.05) is 28.6 Å². The van der Waals surface area contributed by atoms with Crippen LogP contribution in [0.5, 0.6) is 0 Å². The van der Waals surface area contributed by atoms with Gasteiger partial charge in [-0.15, -0.1) is 0 Å². The van der Waals surface area contributed by atoms with Crippen molar-refractivity contribution in [3.63, 3.8) is 0 Å². The number of nitrogens with zero attached hydrogens (tertiary/aromatic N) is 1. The van der Waals surface area contributed by atoms with Gasteiger partial charge in [0.25, 0.3) is 0 Å². The third-order valence-electron chi connectivity index (χ3n) is 2.32. The van der Waals surface area contributed by atoms with Crippen LogP contribution in [0.4, 0.5) is 5.69 Å². The largest absolute Gasteiger partial charge is 0.281 e. The molecule has 17 heavy (non-hydrogen) atoms. The van der Waals surface area contributed by atoms with Crippen molar-refractivity contribution in [2.24, 2.45) is 0 Å². The highest BCUT2D eigenvalue weighted by atomic mass is 32.2. The van der Waals surface area contributed by atoms with Crippen LogP contribution in [0.15, 0.2) is 60.7 Å².